The summed E-state index contributed by atoms with van der Waals surface area (Å²) in [4.78, 5) is 38.5. The highest BCUT2D eigenvalue weighted by Gasteiger charge is 2.37. The Balaban J connectivity index is 1.74. The van der Waals surface area contributed by atoms with Crippen LogP contribution in [-0.4, -0.2) is 38.9 Å². The number of fused-ring (bicyclic) bond motifs is 1. The van der Waals surface area contributed by atoms with Crippen molar-refractivity contribution in [3.8, 4) is 23.0 Å². The molecule has 148 valence electrons. The molecule has 29 heavy (non-hydrogen) atoms. The smallest absolute Gasteiger partial charge is 0.335 e. The van der Waals surface area contributed by atoms with Gasteiger partial charge in [0.15, 0.2) is 11.5 Å². The van der Waals surface area contributed by atoms with E-state index in [1.54, 1.807) is 36.4 Å². The van der Waals surface area contributed by atoms with Gasteiger partial charge in [0.05, 0.1) is 19.9 Å². The number of carbonyl (C=O) groups is 3. The van der Waals surface area contributed by atoms with Crippen LogP contribution >= 0.6 is 0 Å². The second-order valence-corrected chi connectivity index (χ2v) is 6.10. The van der Waals surface area contributed by atoms with Gasteiger partial charge in [-0.25, -0.2) is 9.69 Å². The lowest BCUT2D eigenvalue weighted by Gasteiger charge is -2.26. The van der Waals surface area contributed by atoms with Crippen molar-refractivity contribution in [2.24, 2.45) is 0 Å². The number of benzene rings is 2. The van der Waals surface area contributed by atoms with Crippen LogP contribution in [0.1, 0.15) is 5.56 Å². The molecule has 1 saturated heterocycles. The number of hydrogen-bond acceptors (Lipinski definition) is 7. The van der Waals surface area contributed by atoms with Crippen LogP contribution < -0.4 is 29.2 Å². The molecule has 9 nitrogen and oxygen atoms in total. The minimum Gasteiger partial charge on any atom is -0.497 e. The van der Waals surface area contributed by atoms with E-state index in [4.69, 9.17) is 18.9 Å². The average molecular weight is 396 g/mol. The quantitative estimate of drug-likeness (QED) is 0.623. The first-order valence-electron chi connectivity index (χ1n) is 8.55. The fourth-order valence-electron chi connectivity index (χ4n) is 3.01. The highest BCUT2D eigenvalue weighted by molar-refractivity contribution is 6.39. The normalized spacial score (nSPS) is 16.8. The molecule has 9 heteroatoms. The summed E-state index contributed by atoms with van der Waals surface area (Å²) in [6.07, 6.45) is 1.35. The number of methoxy groups -OCH3 is 2. The second-order valence-electron chi connectivity index (χ2n) is 6.10. The number of imide groups is 2. The van der Waals surface area contributed by atoms with Crippen LogP contribution in [0.5, 0.6) is 23.0 Å². The lowest BCUT2D eigenvalue weighted by Crippen LogP contribution is -2.54. The van der Waals surface area contributed by atoms with Gasteiger partial charge in [-0.1, -0.05) is 0 Å². The SMILES string of the molecule is COc1ccc(N2C(=O)NC(=O)C(=Cc3cc4c(cc3OC)OCO4)C2=O)cc1. The number of amides is 4. The first kappa shape index (κ1) is 18.4. The highest BCUT2D eigenvalue weighted by atomic mass is 16.7. The van der Waals surface area contributed by atoms with Crippen molar-refractivity contribution in [2.75, 3.05) is 25.9 Å². The van der Waals surface area contributed by atoms with Gasteiger partial charge in [-0.2, -0.15) is 0 Å². The van der Waals surface area contributed by atoms with Crippen molar-refractivity contribution in [1.82, 2.24) is 5.32 Å². The lowest BCUT2D eigenvalue weighted by atomic mass is 10.1. The van der Waals surface area contributed by atoms with E-state index in [1.807, 2.05) is 0 Å². The van der Waals surface area contributed by atoms with E-state index in [2.05, 4.69) is 5.32 Å². The third-order valence-electron chi connectivity index (χ3n) is 4.46. The summed E-state index contributed by atoms with van der Waals surface area (Å²) in [6.45, 7) is 0.0671. The summed E-state index contributed by atoms with van der Waals surface area (Å²) in [6, 6.07) is 8.68. The molecule has 2 aliphatic heterocycles. The van der Waals surface area contributed by atoms with Gasteiger partial charge in [0.2, 0.25) is 6.79 Å². The number of barbiturate groups is 1. The number of carbonyl (C=O) groups excluding carboxylic acids is 3. The van der Waals surface area contributed by atoms with Crippen molar-refractivity contribution in [2.45, 2.75) is 0 Å². The molecule has 0 spiro atoms. The Labute approximate surface area is 165 Å². The van der Waals surface area contributed by atoms with Crippen molar-refractivity contribution in [3.05, 3.63) is 47.5 Å². The van der Waals surface area contributed by atoms with Crippen molar-refractivity contribution in [1.29, 1.82) is 0 Å². The topological polar surface area (TPSA) is 103 Å². The molecule has 2 aromatic carbocycles. The first-order chi connectivity index (χ1) is 14.0. The number of nitrogens with one attached hydrogen (secondary N) is 1. The predicted octanol–water partition coefficient (Wildman–Crippen LogP) is 2.10. The molecule has 0 radical (unpaired) electrons. The molecule has 0 saturated carbocycles. The van der Waals surface area contributed by atoms with Gasteiger partial charge in [-0.05, 0) is 36.4 Å². The van der Waals surface area contributed by atoms with Gasteiger partial charge in [0, 0.05) is 11.6 Å². The van der Waals surface area contributed by atoms with E-state index >= 15 is 0 Å². The van der Waals surface area contributed by atoms with E-state index < -0.39 is 17.8 Å². The predicted molar refractivity (Wildman–Crippen MR) is 101 cm³/mol. The number of nitrogens with zero attached hydrogens (tertiary/aromatic N) is 1. The van der Waals surface area contributed by atoms with Crippen LogP contribution in [0.4, 0.5) is 10.5 Å². The van der Waals surface area contributed by atoms with E-state index in [0.29, 0.717) is 34.2 Å². The number of rotatable bonds is 4. The van der Waals surface area contributed by atoms with Crippen LogP contribution in [0, 0.1) is 0 Å². The first-order valence-corrected chi connectivity index (χ1v) is 8.55. The Morgan fingerprint density at radius 1 is 1.00 bits per heavy atom. The molecule has 0 atom stereocenters. The summed E-state index contributed by atoms with van der Waals surface area (Å²) in [5, 5.41) is 2.18. The number of hydrogen-bond donors (Lipinski definition) is 1. The minimum atomic E-state index is -0.833. The molecule has 1 fully saturated rings. The minimum absolute atomic E-state index is 0.0671. The number of urea groups is 1. The molecule has 0 unspecified atom stereocenters. The van der Waals surface area contributed by atoms with E-state index in [0.717, 1.165) is 4.90 Å². The molecule has 0 aromatic heterocycles. The average Bonchev–Trinajstić information content (AvgIpc) is 3.18. The highest BCUT2D eigenvalue weighted by Crippen LogP contribution is 2.39. The third-order valence-corrected chi connectivity index (χ3v) is 4.46. The Morgan fingerprint density at radius 2 is 1.69 bits per heavy atom. The molecule has 2 heterocycles. The van der Waals surface area contributed by atoms with E-state index in [1.165, 1.54) is 20.3 Å². The van der Waals surface area contributed by atoms with Crippen LogP contribution in [-0.2, 0) is 9.59 Å². The Morgan fingerprint density at radius 3 is 2.34 bits per heavy atom. The van der Waals surface area contributed by atoms with Crippen LogP contribution in [0.15, 0.2) is 42.0 Å². The Hall–Kier alpha value is -4.01. The standard InChI is InChI=1S/C20H16N2O7/c1-26-13-5-3-12(4-6-13)22-19(24)14(18(23)21-20(22)25)7-11-8-16-17(29-10-28-16)9-15(11)27-2/h3-9H,10H2,1-2H3,(H,21,23,25). The Bertz CT molecular complexity index is 1040. The van der Waals surface area contributed by atoms with Gasteiger partial charge >= 0.3 is 6.03 Å². The molecule has 0 aliphatic carbocycles. The molecule has 4 amide bonds. The summed E-state index contributed by atoms with van der Waals surface area (Å²) >= 11 is 0. The second kappa shape index (κ2) is 7.19. The van der Waals surface area contributed by atoms with E-state index in [-0.39, 0.29) is 12.4 Å². The molecule has 4 rings (SSSR count). The zero-order valence-electron chi connectivity index (χ0n) is 15.6. The van der Waals surface area contributed by atoms with Crippen molar-refractivity contribution < 1.29 is 33.3 Å². The van der Waals surface area contributed by atoms with Crippen LogP contribution in [0.2, 0.25) is 0 Å². The molecule has 0 bridgehead atoms. The van der Waals surface area contributed by atoms with Crippen LogP contribution in [0.25, 0.3) is 6.08 Å². The summed E-state index contributed by atoms with van der Waals surface area (Å²) < 4.78 is 21.1. The Kier molecular flexibility index (Phi) is 4.55. The molecule has 2 aliphatic rings. The van der Waals surface area contributed by atoms with E-state index in [9.17, 15) is 14.4 Å². The van der Waals surface area contributed by atoms with Gasteiger partial charge in [0.25, 0.3) is 11.8 Å². The maximum absolute atomic E-state index is 13.0. The lowest BCUT2D eigenvalue weighted by molar-refractivity contribution is -0.122. The van der Waals surface area contributed by atoms with Gasteiger partial charge < -0.3 is 18.9 Å². The number of anilines is 1. The largest absolute Gasteiger partial charge is 0.497 e. The maximum Gasteiger partial charge on any atom is 0.335 e. The molecular formula is C20H16N2O7. The summed E-state index contributed by atoms with van der Waals surface area (Å²) in [5.74, 6) is 0.349. The van der Waals surface area contributed by atoms with Crippen molar-refractivity contribution >= 4 is 29.6 Å². The monoisotopic (exact) mass is 396 g/mol. The third kappa shape index (κ3) is 3.22. The zero-order chi connectivity index (χ0) is 20.5. The molecule has 2 aromatic rings. The van der Waals surface area contributed by atoms with Crippen LogP contribution in [0.3, 0.4) is 0 Å². The summed E-state index contributed by atoms with van der Waals surface area (Å²) in [7, 11) is 2.96. The number of ether oxygens (including phenoxy) is 4. The maximum atomic E-state index is 13.0. The van der Waals surface area contributed by atoms with Gasteiger partial charge in [0.1, 0.15) is 17.1 Å². The fraction of sp³-hybridized carbons (Fsp3) is 0.150. The van der Waals surface area contributed by atoms with Crippen molar-refractivity contribution in [3.63, 3.8) is 0 Å². The summed E-state index contributed by atoms with van der Waals surface area (Å²) in [5.41, 5.74) is 0.501. The van der Waals surface area contributed by atoms with Gasteiger partial charge in [-0.15, -0.1) is 0 Å². The fourth-order valence-corrected chi connectivity index (χ4v) is 3.01. The molecule has 1 N–H and O–H groups in total. The zero-order valence-corrected chi connectivity index (χ0v) is 15.6. The van der Waals surface area contributed by atoms with Gasteiger partial charge in [-0.3, -0.25) is 14.9 Å². The molecular weight excluding hydrogens is 380 g/mol.